The van der Waals surface area contributed by atoms with Gasteiger partial charge in [0.05, 0.1) is 0 Å². The number of para-hydroxylation sites is 2. The van der Waals surface area contributed by atoms with Crippen molar-refractivity contribution in [1.29, 1.82) is 0 Å². The number of fused-ring (bicyclic) bond motifs is 1. The fourth-order valence-corrected chi connectivity index (χ4v) is 2.99. The van der Waals surface area contributed by atoms with Crippen LogP contribution in [0.15, 0.2) is 51.4 Å². The Morgan fingerprint density at radius 2 is 2.05 bits per heavy atom. The van der Waals surface area contributed by atoms with Crippen LogP contribution in [0.2, 0.25) is 5.02 Å². The van der Waals surface area contributed by atoms with Gasteiger partial charge in [0.2, 0.25) is 0 Å². The predicted octanol–water partition coefficient (Wildman–Crippen LogP) is 4.49. The summed E-state index contributed by atoms with van der Waals surface area (Å²) in [5.41, 5.74) is 8.79. The molecule has 1 unspecified atom stereocenters. The molecule has 0 radical (unpaired) electrons. The predicted molar refractivity (Wildman–Crippen MR) is 83.8 cm³/mol. The maximum Gasteiger partial charge on any atom is 0.197 e. The minimum Gasteiger partial charge on any atom is -0.441 e. The van der Waals surface area contributed by atoms with Gasteiger partial charge in [-0.25, -0.2) is 4.98 Å². The van der Waals surface area contributed by atoms with Crippen molar-refractivity contribution in [3.63, 3.8) is 0 Å². The fourth-order valence-electron chi connectivity index (χ4n) is 2.10. The first-order valence-electron chi connectivity index (χ1n) is 6.18. The molecule has 1 heterocycles. The van der Waals surface area contributed by atoms with Gasteiger partial charge in [0.15, 0.2) is 11.5 Å². The average molecular weight is 352 g/mol. The normalized spacial score (nSPS) is 12.8. The third-order valence-corrected chi connectivity index (χ3v) is 3.72. The summed E-state index contributed by atoms with van der Waals surface area (Å²) < 4.78 is 6.60. The summed E-state index contributed by atoms with van der Waals surface area (Å²) in [6, 6.07) is 13.1. The van der Waals surface area contributed by atoms with Crippen LogP contribution in [0, 0.1) is 0 Å². The van der Waals surface area contributed by atoms with Crippen molar-refractivity contribution in [2.45, 2.75) is 12.5 Å². The summed E-state index contributed by atoms with van der Waals surface area (Å²) in [7, 11) is 0. The van der Waals surface area contributed by atoms with Gasteiger partial charge < -0.3 is 10.2 Å². The maximum atomic E-state index is 6.21. The van der Waals surface area contributed by atoms with Gasteiger partial charge in [0.1, 0.15) is 5.52 Å². The van der Waals surface area contributed by atoms with Crippen molar-refractivity contribution < 1.29 is 4.42 Å². The number of nitrogens with two attached hydrogens (primary N) is 1. The molecule has 1 atom stereocenters. The van der Waals surface area contributed by atoms with Crippen molar-refractivity contribution in [2.24, 2.45) is 5.73 Å². The van der Waals surface area contributed by atoms with Crippen LogP contribution in [0.5, 0.6) is 0 Å². The SMILES string of the molecule is NC(Cc1nc2ccccc2o1)c1cc(Cl)cc(Br)c1. The van der Waals surface area contributed by atoms with Gasteiger partial charge in [-0.1, -0.05) is 39.7 Å². The molecule has 0 bridgehead atoms. The van der Waals surface area contributed by atoms with Crippen LogP contribution in [0.3, 0.4) is 0 Å². The lowest BCUT2D eigenvalue weighted by molar-refractivity contribution is 0.502. The van der Waals surface area contributed by atoms with Gasteiger partial charge in [0, 0.05) is 22.0 Å². The Hall–Kier alpha value is -1.36. The van der Waals surface area contributed by atoms with E-state index in [0.717, 1.165) is 21.1 Å². The molecule has 2 N–H and O–H groups in total. The monoisotopic (exact) mass is 350 g/mol. The van der Waals surface area contributed by atoms with Crippen molar-refractivity contribution >= 4 is 38.6 Å². The van der Waals surface area contributed by atoms with Crippen LogP contribution in [-0.4, -0.2) is 4.98 Å². The molecule has 5 heteroatoms. The molecule has 1 aromatic heterocycles. The van der Waals surface area contributed by atoms with E-state index in [2.05, 4.69) is 20.9 Å². The van der Waals surface area contributed by atoms with Gasteiger partial charge in [-0.3, -0.25) is 0 Å². The van der Waals surface area contributed by atoms with Gasteiger partial charge in [-0.05, 0) is 35.9 Å². The molecule has 0 saturated carbocycles. The highest BCUT2D eigenvalue weighted by atomic mass is 79.9. The molecule has 3 nitrogen and oxygen atoms in total. The van der Waals surface area contributed by atoms with E-state index in [1.807, 2.05) is 42.5 Å². The Morgan fingerprint density at radius 3 is 2.80 bits per heavy atom. The highest BCUT2D eigenvalue weighted by Gasteiger charge is 2.13. The molecule has 0 aliphatic rings. The standard InChI is InChI=1S/C15H12BrClN2O/c16-10-5-9(6-11(17)7-10)12(18)8-15-19-13-3-1-2-4-14(13)20-15/h1-7,12H,8,18H2. The van der Waals surface area contributed by atoms with E-state index in [4.69, 9.17) is 21.8 Å². The Labute approximate surface area is 129 Å². The lowest BCUT2D eigenvalue weighted by Crippen LogP contribution is -2.13. The van der Waals surface area contributed by atoms with Crippen LogP contribution in [0.4, 0.5) is 0 Å². The van der Waals surface area contributed by atoms with Crippen LogP contribution in [-0.2, 0) is 6.42 Å². The van der Waals surface area contributed by atoms with Crippen molar-refractivity contribution in [2.75, 3.05) is 0 Å². The molecule has 3 aromatic rings. The summed E-state index contributed by atoms with van der Waals surface area (Å²) in [6.07, 6.45) is 0.529. The van der Waals surface area contributed by atoms with E-state index in [0.29, 0.717) is 17.3 Å². The zero-order valence-corrected chi connectivity index (χ0v) is 12.9. The molecule has 0 aliphatic carbocycles. The van der Waals surface area contributed by atoms with Crippen LogP contribution in [0.1, 0.15) is 17.5 Å². The molecular formula is C15H12BrClN2O. The molecule has 0 fully saturated rings. The van der Waals surface area contributed by atoms with Gasteiger partial charge in [-0.2, -0.15) is 0 Å². The van der Waals surface area contributed by atoms with Gasteiger partial charge in [0.25, 0.3) is 0 Å². The molecular weight excluding hydrogens is 340 g/mol. The van der Waals surface area contributed by atoms with Crippen molar-refractivity contribution in [1.82, 2.24) is 4.98 Å². The number of aromatic nitrogens is 1. The summed E-state index contributed by atoms with van der Waals surface area (Å²) in [6.45, 7) is 0. The number of hydrogen-bond donors (Lipinski definition) is 1. The van der Waals surface area contributed by atoms with E-state index in [-0.39, 0.29) is 6.04 Å². The van der Waals surface area contributed by atoms with Gasteiger partial charge in [-0.15, -0.1) is 0 Å². The van der Waals surface area contributed by atoms with Crippen LogP contribution in [0.25, 0.3) is 11.1 Å². The Kier molecular flexibility index (Phi) is 3.78. The number of rotatable bonds is 3. The van der Waals surface area contributed by atoms with Crippen molar-refractivity contribution in [3.05, 3.63) is 63.4 Å². The third-order valence-electron chi connectivity index (χ3n) is 3.05. The number of halogens is 2. The summed E-state index contributed by atoms with van der Waals surface area (Å²) in [5, 5.41) is 0.655. The third kappa shape index (κ3) is 2.87. The molecule has 2 aromatic carbocycles. The molecule has 20 heavy (non-hydrogen) atoms. The Bertz CT molecular complexity index is 703. The summed E-state index contributed by atoms with van der Waals surface area (Å²) >= 11 is 9.45. The Morgan fingerprint density at radius 1 is 1.25 bits per heavy atom. The second-order valence-electron chi connectivity index (χ2n) is 4.59. The average Bonchev–Trinajstić information content (AvgIpc) is 2.79. The molecule has 3 rings (SSSR count). The first kappa shape index (κ1) is 13.6. The highest BCUT2D eigenvalue weighted by Crippen LogP contribution is 2.25. The van der Waals surface area contributed by atoms with E-state index < -0.39 is 0 Å². The fraction of sp³-hybridized carbons (Fsp3) is 0.133. The van der Waals surface area contributed by atoms with E-state index in [1.54, 1.807) is 0 Å². The first-order valence-corrected chi connectivity index (χ1v) is 7.35. The largest absolute Gasteiger partial charge is 0.441 e. The number of hydrogen-bond acceptors (Lipinski definition) is 3. The first-order chi connectivity index (χ1) is 9.61. The second-order valence-corrected chi connectivity index (χ2v) is 5.94. The summed E-state index contributed by atoms with van der Waals surface area (Å²) in [4.78, 5) is 4.43. The van der Waals surface area contributed by atoms with Gasteiger partial charge >= 0.3 is 0 Å². The van der Waals surface area contributed by atoms with E-state index in [1.165, 1.54) is 0 Å². The molecule has 0 saturated heterocycles. The lowest BCUT2D eigenvalue weighted by atomic mass is 10.1. The molecule has 0 spiro atoms. The summed E-state index contributed by atoms with van der Waals surface area (Å²) in [5.74, 6) is 0.634. The number of nitrogens with zero attached hydrogens (tertiary/aromatic N) is 1. The molecule has 0 amide bonds. The van der Waals surface area contributed by atoms with Crippen LogP contribution >= 0.6 is 27.5 Å². The minimum absolute atomic E-state index is 0.210. The Balaban J connectivity index is 1.86. The topological polar surface area (TPSA) is 52.0 Å². The van der Waals surface area contributed by atoms with Crippen LogP contribution < -0.4 is 5.73 Å². The zero-order valence-electron chi connectivity index (χ0n) is 10.5. The van der Waals surface area contributed by atoms with Crippen molar-refractivity contribution in [3.8, 4) is 0 Å². The second kappa shape index (κ2) is 5.56. The lowest BCUT2D eigenvalue weighted by Gasteiger charge is -2.10. The molecule has 102 valence electrons. The quantitative estimate of drug-likeness (QED) is 0.756. The number of benzene rings is 2. The zero-order chi connectivity index (χ0) is 14.1. The maximum absolute atomic E-state index is 6.21. The minimum atomic E-state index is -0.210. The number of oxazole rings is 1. The highest BCUT2D eigenvalue weighted by molar-refractivity contribution is 9.10. The van der Waals surface area contributed by atoms with E-state index in [9.17, 15) is 0 Å². The smallest absolute Gasteiger partial charge is 0.197 e. The van der Waals surface area contributed by atoms with E-state index >= 15 is 0 Å². The molecule has 0 aliphatic heterocycles.